The molecule has 1 N–H and O–H groups in total. The molecule has 4 aromatic rings. The molecule has 4 rings (SSSR count). The van der Waals surface area contributed by atoms with Gasteiger partial charge in [0.2, 0.25) is 0 Å². The summed E-state index contributed by atoms with van der Waals surface area (Å²) >= 11 is 6.16. The third kappa shape index (κ3) is 4.94. The molecular weight excluding hydrogens is 422 g/mol. The number of benzene rings is 3. The van der Waals surface area contributed by atoms with Crippen LogP contribution in [0.25, 0.3) is 11.0 Å². The van der Waals surface area contributed by atoms with Crippen LogP contribution in [0, 0.1) is 13.8 Å². The number of fused-ring (bicyclic) bond motifs is 1. The molecule has 0 spiro atoms. The van der Waals surface area contributed by atoms with Gasteiger partial charge in [0, 0.05) is 6.54 Å². The standard InChI is InChI=1S/C26H26ClN3O2/c1-18-12-13-24(19(2)16-18)32-15-7-14-30-23-11-6-5-10-22(23)29-25(30)17-28-26(31)20-8-3-4-9-21(20)27/h3-6,8-13,16H,7,14-15,17H2,1-2H3,(H,28,31). The monoisotopic (exact) mass is 447 g/mol. The summed E-state index contributed by atoms with van der Waals surface area (Å²) in [6, 6.07) is 21.2. The van der Waals surface area contributed by atoms with Gasteiger partial charge in [-0.25, -0.2) is 4.98 Å². The number of ether oxygens (including phenoxy) is 1. The van der Waals surface area contributed by atoms with Gasteiger partial charge in [-0.1, -0.05) is 53.6 Å². The van der Waals surface area contributed by atoms with E-state index < -0.39 is 0 Å². The zero-order valence-electron chi connectivity index (χ0n) is 18.3. The van der Waals surface area contributed by atoms with E-state index in [1.165, 1.54) is 5.56 Å². The SMILES string of the molecule is Cc1ccc(OCCCn2c(CNC(=O)c3ccccc3Cl)nc3ccccc32)c(C)c1. The molecule has 0 saturated carbocycles. The first kappa shape index (κ1) is 21.9. The van der Waals surface area contributed by atoms with Crippen molar-refractivity contribution in [2.24, 2.45) is 0 Å². The summed E-state index contributed by atoms with van der Waals surface area (Å²) in [6.45, 7) is 5.79. The molecule has 0 aliphatic heterocycles. The second kappa shape index (κ2) is 9.88. The van der Waals surface area contributed by atoms with E-state index >= 15 is 0 Å². The lowest BCUT2D eigenvalue weighted by Crippen LogP contribution is -2.25. The average Bonchev–Trinajstić information content (AvgIpc) is 3.14. The molecule has 1 heterocycles. The Labute approximate surface area is 193 Å². The minimum Gasteiger partial charge on any atom is -0.493 e. The zero-order chi connectivity index (χ0) is 22.5. The molecular formula is C26H26ClN3O2. The van der Waals surface area contributed by atoms with E-state index in [9.17, 15) is 4.79 Å². The van der Waals surface area contributed by atoms with Crippen LogP contribution < -0.4 is 10.1 Å². The number of nitrogens with one attached hydrogen (secondary N) is 1. The lowest BCUT2D eigenvalue weighted by molar-refractivity contribution is 0.0949. The molecule has 0 fully saturated rings. The highest BCUT2D eigenvalue weighted by atomic mass is 35.5. The smallest absolute Gasteiger partial charge is 0.253 e. The quantitative estimate of drug-likeness (QED) is 0.352. The number of aromatic nitrogens is 2. The van der Waals surface area contributed by atoms with Gasteiger partial charge in [-0.3, -0.25) is 4.79 Å². The number of carbonyl (C=O) groups is 1. The Morgan fingerprint density at radius 2 is 1.84 bits per heavy atom. The number of amides is 1. The molecule has 0 saturated heterocycles. The zero-order valence-corrected chi connectivity index (χ0v) is 19.0. The maximum atomic E-state index is 12.6. The largest absolute Gasteiger partial charge is 0.493 e. The Morgan fingerprint density at radius 3 is 2.66 bits per heavy atom. The van der Waals surface area contributed by atoms with Crippen LogP contribution in [0.1, 0.15) is 33.7 Å². The highest BCUT2D eigenvalue weighted by Crippen LogP contribution is 2.20. The van der Waals surface area contributed by atoms with Gasteiger partial charge in [0.05, 0.1) is 34.8 Å². The lowest BCUT2D eigenvalue weighted by atomic mass is 10.1. The second-order valence-corrected chi connectivity index (χ2v) is 8.21. The molecule has 3 aromatic carbocycles. The number of hydrogen-bond donors (Lipinski definition) is 1. The third-order valence-electron chi connectivity index (χ3n) is 5.37. The molecule has 0 atom stereocenters. The van der Waals surface area contributed by atoms with Crippen molar-refractivity contribution in [1.29, 1.82) is 0 Å². The summed E-state index contributed by atoms with van der Waals surface area (Å²) in [6.07, 6.45) is 0.819. The fraction of sp³-hybridized carbons (Fsp3) is 0.231. The first-order valence-corrected chi connectivity index (χ1v) is 11.1. The Bertz CT molecular complexity index is 1250. The number of hydrogen-bond acceptors (Lipinski definition) is 3. The Kier molecular flexibility index (Phi) is 6.76. The average molecular weight is 448 g/mol. The Morgan fingerprint density at radius 1 is 1.06 bits per heavy atom. The van der Waals surface area contributed by atoms with Gasteiger partial charge in [0.25, 0.3) is 5.91 Å². The molecule has 164 valence electrons. The number of para-hydroxylation sites is 2. The highest BCUT2D eigenvalue weighted by Gasteiger charge is 2.14. The van der Waals surface area contributed by atoms with Crippen LogP contribution in [-0.2, 0) is 13.1 Å². The van der Waals surface area contributed by atoms with Crippen molar-refractivity contribution >= 4 is 28.5 Å². The van der Waals surface area contributed by atoms with Gasteiger partial charge in [0.1, 0.15) is 11.6 Å². The predicted molar refractivity (Wildman–Crippen MR) is 128 cm³/mol. The molecule has 0 bridgehead atoms. The number of aryl methyl sites for hydroxylation is 3. The fourth-order valence-electron chi connectivity index (χ4n) is 3.78. The first-order valence-electron chi connectivity index (χ1n) is 10.7. The molecule has 0 radical (unpaired) electrons. The van der Waals surface area contributed by atoms with Crippen LogP contribution >= 0.6 is 11.6 Å². The van der Waals surface area contributed by atoms with E-state index in [0.717, 1.165) is 41.1 Å². The summed E-state index contributed by atoms with van der Waals surface area (Å²) < 4.78 is 8.14. The van der Waals surface area contributed by atoms with Crippen LogP contribution in [0.3, 0.4) is 0 Å². The molecule has 1 aromatic heterocycles. The first-order chi connectivity index (χ1) is 15.5. The minimum absolute atomic E-state index is 0.215. The van der Waals surface area contributed by atoms with Crippen molar-refractivity contribution in [3.63, 3.8) is 0 Å². The van der Waals surface area contributed by atoms with Crippen molar-refractivity contribution in [2.45, 2.75) is 33.4 Å². The van der Waals surface area contributed by atoms with E-state index in [-0.39, 0.29) is 5.91 Å². The van der Waals surface area contributed by atoms with E-state index in [0.29, 0.717) is 23.7 Å². The lowest BCUT2D eigenvalue weighted by Gasteiger charge is -2.13. The Balaban J connectivity index is 1.44. The van der Waals surface area contributed by atoms with E-state index in [4.69, 9.17) is 21.3 Å². The number of rotatable bonds is 8. The molecule has 6 heteroatoms. The highest BCUT2D eigenvalue weighted by molar-refractivity contribution is 6.33. The molecule has 0 aliphatic rings. The van der Waals surface area contributed by atoms with Crippen LogP contribution in [0.15, 0.2) is 66.7 Å². The van der Waals surface area contributed by atoms with E-state index in [2.05, 4.69) is 35.9 Å². The normalized spacial score (nSPS) is 11.0. The number of halogens is 1. The topological polar surface area (TPSA) is 56.1 Å². The Hall–Kier alpha value is -3.31. The number of nitrogens with zero attached hydrogens (tertiary/aromatic N) is 2. The second-order valence-electron chi connectivity index (χ2n) is 7.80. The van der Waals surface area contributed by atoms with Gasteiger partial charge in [-0.2, -0.15) is 0 Å². The van der Waals surface area contributed by atoms with Gasteiger partial charge in [0.15, 0.2) is 0 Å². The maximum absolute atomic E-state index is 12.6. The van der Waals surface area contributed by atoms with Crippen molar-refractivity contribution in [1.82, 2.24) is 14.9 Å². The maximum Gasteiger partial charge on any atom is 0.253 e. The molecule has 1 amide bonds. The molecule has 0 aliphatic carbocycles. The van der Waals surface area contributed by atoms with Gasteiger partial charge >= 0.3 is 0 Å². The van der Waals surface area contributed by atoms with Crippen LogP contribution in [-0.4, -0.2) is 22.1 Å². The number of imidazole rings is 1. The van der Waals surface area contributed by atoms with Crippen LogP contribution in [0.4, 0.5) is 0 Å². The summed E-state index contributed by atoms with van der Waals surface area (Å²) in [5, 5.41) is 3.38. The molecule has 5 nitrogen and oxygen atoms in total. The summed E-state index contributed by atoms with van der Waals surface area (Å²) in [5.41, 5.74) is 4.77. The fourth-order valence-corrected chi connectivity index (χ4v) is 4.00. The molecule has 0 unspecified atom stereocenters. The van der Waals surface area contributed by atoms with Gasteiger partial charge < -0.3 is 14.6 Å². The predicted octanol–water partition coefficient (Wildman–Crippen LogP) is 5.71. The third-order valence-corrected chi connectivity index (χ3v) is 5.70. The number of carbonyl (C=O) groups excluding carboxylic acids is 1. The van der Waals surface area contributed by atoms with Crippen molar-refractivity contribution in [3.8, 4) is 5.75 Å². The summed E-state index contributed by atoms with van der Waals surface area (Å²) in [4.78, 5) is 17.3. The van der Waals surface area contributed by atoms with Gasteiger partial charge in [-0.05, 0) is 56.2 Å². The summed E-state index contributed by atoms with van der Waals surface area (Å²) in [7, 11) is 0. The van der Waals surface area contributed by atoms with Gasteiger partial charge in [-0.15, -0.1) is 0 Å². The van der Waals surface area contributed by atoms with Crippen molar-refractivity contribution < 1.29 is 9.53 Å². The van der Waals surface area contributed by atoms with Crippen LogP contribution in [0.2, 0.25) is 5.02 Å². The van der Waals surface area contributed by atoms with Crippen LogP contribution in [0.5, 0.6) is 5.75 Å². The molecule has 32 heavy (non-hydrogen) atoms. The van der Waals surface area contributed by atoms with Crippen molar-refractivity contribution in [3.05, 3.63) is 94.3 Å². The van der Waals surface area contributed by atoms with E-state index in [1.54, 1.807) is 24.3 Å². The minimum atomic E-state index is -0.215. The van der Waals surface area contributed by atoms with E-state index in [1.807, 2.05) is 30.3 Å². The summed E-state index contributed by atoms with van der Waals surface area (Å²) in [5.74, 6) is 1.50. The van der Waals surface area contributed by atoms with Crippen molar-refractivity contribution in [2.75, 3.05) is 6.61 Å².